The van der Waals surface area contributed by atoms with Gasteiger partial charge in [-0.1, -0.05) is 258 Å². The van der Waals surface area contributed by atoms with Crippen LogP contribution in [0.4, 0.5) is 17.1 Å². The summed E-state index contributed by atoms with van der Waals surface area (Å²) in [6.07, 6.45) is 0. The maximum absolute atomic E-state index is 2.52. The molecule has 1 nitrogen and oxygen atoms in total. The zero-order valence-electron chi connectivity index (χ0n) is 42.9. The highest BCUT2D eigenvalue weighted by Gasteiger charge is 2.48. The Balaban J connectivity index is 0.983. The van der Waals surface area contributed by atoms with Crippen LogP contribution in [0.1, 0.15) is 94.5 Å². The molecule has 0 radical (unpaired) electrons. The monoisotopic (exact) mass is 959 g/mol. The van der Waals surface area contributed by atoms with Crippen molar-refractivity contribution in [1.82, 2.24) is 0 Å². The molecule has 0 saturated carbocycles. The topological polar surface area (TPSA) is 3.24 Å². The minimum Gasteiger partial charge on any atom is -0.310 e. The van der Waals surface area contributed by atoms with E-state index in [1.165, 1.54) is 100 Å². The van der Waals surface area contributed by atoms with Crippen molar-refractivity contribution in [2.75, 3.05) is 4.90 Å². The standard InChI is InChI=1S/C74H57N/c1-71(2)65-34-20-17-31-59(65)62-44-42-57(48-69(62)71)75(58-43-45-63-60-32-18-21-35-66(60)72(3,4)70(63)49-58)56-40-37-54(38-41-56)73(50-23-9-5-10-24-50,51-25-11-6-12-26-51)55-39-46-68-64(47-55)61-33-19-22-36-67(61)74(68,52-27-13-7-14-28-52)53-29-15-8-16-30-53/h5-49H,1-4H3. The Kier molecular flexibility index (Phi) is 10.1. The molecule has 0 atom stereocenters. The van der Waals surface area contributed by atoms with E-state index in [1.807, 2.05) is 0 Å². The maximum Gasteiger partial charge on any atom is 0.0713 e. The molecule has 14 rings (SSSR count). The minimum atomic E-state index is -0.687. The van der Waals surface area contributed by atoms with E-state index < -0.39 is 10.8 Å². The molecule has 0 N–H and O–H groups in total. The molecular weight excluding hydrogens is 903 g/mol. The summed E-state index contributed by atoms with van der Waals surface area (Å²) >= 11 is 0. The first-order valence-electron chi connectivity index (χ1n) is 26.6. The molecule has 11 aromatic rings. The van der Waals surface area contributed by atoms with Crippen LogP contribution in [0.3, 0.4) is 0 Å². The number of hydrogen-bond donors (Lipinski definition) is 0. The predicted molar refractivity (Wildman–Crippen MR) is 312 cm³/mol. The summed E-state index contributed by atoms with van der Waals surface area (Å²) in [5.41, 5.74) is 25.2. The fourth-order valence-electron chi connectivity index (χ4n) is 14.0. The van der Waals surface area contributed by atoms with Crippen LogP contribution in [0.25, 0.3) is 33.4 Å². The number of anilines is 3. The van der Waals surface area contributed by atoms with Crippen LogP contribution in [0.5, 0.6) is 0 Å². The van der Waals surface area contributed by atoms with Crippen molar-refractivity contribution in [2.24, 2.45) is 0 Å². The van der Waals surface area contributed by atoms with E-state index in [0.29, 0.717) is 0 Å². The lowest BCUT2D eigenvalue weighted by Gasteiger charge is -2.38. The van der Waals surface area contributed by atoms with Crippen LogP contribution in [-0.4, -0.2) is 0 Å². The van der Waals surface area contributed by atoms with Gasteiger partial charge in [0.15, 0.2) is 0 Å². The molecule has 0 saturated heterocycles. The zero-order valence-corrected chi connectivity index (χ0v) is 42.9. The lowest BCUT2D eigenvalue weighted by Crippen LogP contribution is -2.32. The van der Waals surface area contributed by atoms with Crippen molar-refractivity contribution < 1.29 is 0 Å². The summed E-state index contributed by atoms with van der Waals surface area (Å²) in [4.78, 5) is 2.49. The van der Waals surface area contributed by atoms with Crippen LogP contribution in [-0.2, 0) is 21.7 Å². The van der Waals surface area contributed by atoms with Gasteiger partial charge in [0.25, 0.3) is 0 Å². The highest BCUT2D eigenvalue weighted by atomic mass is 15.1. The summed E-state index contributed by atoms with van der Waals surface area (Å²) < 4.78 is 0. The summed E-state index contributed by atoms with van der Waals surface area (Å²) in [5.74, 6) is 0. The smallest absolute Gasteiger partial charge is 0.0713 e. The van der Waals surface area contributed by atoms with Crippen LogP contribution >= 0.6 is 0 Å². The molecule has 75 heavy (non-hydrogen) atoms. The normalized spacial score (nSPS) is 14.7. The molecule has 0 unspecified atom stereocenters. The van der Waals surface area contributed by atoms with Crippen LogP contribution in [0.2, 0.25) is 0 Å². The van der Waals surface area contributed by atoms with Crippen LogP contribution in [0.15, 0.2) is 273 Å². The van der Waals surface area contributed by atoms with Crippen molar-refractivity contribution in [2.45, 2.75) is 49.4 Å². The van der Waals surface area contributed by atoms with Crippen molar-refractivity contribution in [1.29, 1.82) is 0 Å². The Morgan fingerprint density at radius 1 is 0.253 bits per heavy atom. The van der Waals surface area contributed by atoms with Gasteiger partial charge in [-0.2, -0.15) is 0 Å². The molecule has 0 aromatic heterocycles. The first-order chi connectivity index (χ1) is 36.7. The van der Waals surface area contributed by atoms with Gasteiger partial charge in [0.1, 0.15) is 0 Å². The quantitative estimate of drug-likeness (QED) is 0.130. The Bertz CT molecular complexity index is 3790. The van der Waals surface area contributed by atoms with Crippen molar-refractivity contribution >= 4 is 17.1 Å². The number of fused-ring (bicyclic) bond motifs is 9. The summed E-state index contributed by atoms with van der Waals surface area (Å²) in [5, 5.41) is 0. The number of rotatable bonds is 9. The van der Waals surface area contributed by atoms with Crippen LogP contribution in [0, 0.1) is 0 Å². The molecule has 3 aliphatic rings. The highest BCUT2D eigenvalue weighted by molar-refractivity contribution is 5.90. The Labute approximate surface area is 442 Å². The molecular formula is C74H57N. The second kappa shape index (κ2) is 16.9. The summed E-state index contributed by atoms with van der Waals surface area (Å²) in [6, 6.07) is 103. The molecule has 0 fully saturated rings. The van der Waals surface area contributed by atoms with E-state index in [4.69, 9.17) is 0 Å². The lowest BCUT2D eigenvalue weighted by molar-refractivity contribution is 0.660. The highest BCUT2D eigenvalue weighted by Crippen LogP contribution is 2.59. The molecule has 0 heterocycles. The van der Waals surface area contributed by atoms with Gasteiger partial charge in [0, 0.05) is 27.9 Å². The lowest BCUT2D eigenvalue weighted by atomic mass is 9.64. The SMILES string of the molecule is CC1(C)c2ccccc2-c2ccc(N(c3ccc(C(c4ccccc4)(c4ccccc4)c4ccc5c(c4)-c4ccccc4C5(c4ccccc4)c4ccccc4)cc3)c3ccc4c(c3)C(C)(C)c3ccccc3-4)cc21. The second-order valence-corrected chi connectivity index (χ2v) is 22.0. The molecule has 3 aliphatic carbocycles. The van der Waals surface area contributed by atoms with Gasteiger partial charge in [-0.05, 0) is 143 Å². The van der Waals surface area contributed by atoms with Crippen molar-refractivity contribution in [3.63, 3.8) is 0 Å². The molecule has 0 spiro atoms. The van der Waals surface area contributed by atoms with E-state index >= 15 is 0 Å². The van der Waals surface area contributed by atoms with Gasteiger partial charge < -0.3 is 4.90 Å². The van der Waals surface area contributed by atoms with Crippen molar-refractivity contribution in [3.05, 3.63) is 340 Å². The van der Waals surface area contributed by atoms with Crippen molar-refractivity contribution in [3.8, 4) is 33.4 Å². The van der Waals surface area contributed by atoms with E-state index in [0.717, 1.165) is 17.1 Å². The number of hydrogen-bond acceptors (Lipinski definition) is 1. The zero-order chi connectivity index (χ0) is 50.5. The molecule has 0 bridgehead atoms. The maximum atomic E-state index is 2.52. The fraction of sp³-hybridized carbons (Fsp3) is 0.108. The molecule has 0 aliphatic heterocycles. The average molecular weight is 960 g/mol. The molecule has 0 amide bonds. The van der Waals surface area contributed by atoms with Crippen LogP contribution < -0.4 is 4.90 Å². The third kappa shape index (κ3) is 6.44. The molecule has 1 heteroatoms. The van der Waals surface area contributed by atoms with Gasteiger partial charge in [0.2, 0.25) is 0 Å². The molecule has 11 aromatic carbocycles. The largest absolute Gasteiger partial charge is 0.310 e. The minimum absolute atomic E-state index is 0.151. The second-order valence-electron chi connectivity index (χ2n) is 22.0. The summed E-state index contributed by atoms with van der Waals surface area (Å²) in [7, 11) is 0. The van der Waals surface area contributed by atoms with E-state index in [2.05, 4.69) is 306 Å². The van der Waals surface area contributed by atoms with Gasteiger partial charge in [-0.3, -0.25) is 0 Å². The van der Waals surface area contributed by atoms with E-state index in [1.54, 1.807) is 0 Å². The fourth-order valence-corrected chi connectivity index (χ4v) is 14.0. The van der Waals surface area contributed by atoms with Gasteiger partial charge >= 0.3 is 0 Å². The van der Waals surface area contributed by atoms with E-state index in [9.17, 15) is 0 Å². The first kappa shape index (κ1) is 44.9. The Morgan fingerprint density at radius 3 is 1.08 bits per heavy atom. The van der Waals surface area contributed by atoms with E-state index in [-0.39, 0.29) is 10.8 Å². The Hall–Kier alpha value is -8.78. The average Bonchev–Trinajstić information content (AvgIpc) is 4.00. The Morgan fingerprint density at radius 2 is 0.600 bits per heavy atom. The predicted octanol–water partition coefficient (Wildman–Crippen LogP) is 18.5. The molecule has 358 valence electrons. The van der Waals surface area contributed by atoms with Gasteiger partial charge in [0.05, 0.1) is 10.8 Å². The third-order valence-electron chi connectivity index (χ3n) is 17.5. The summed E-state index contributed by atoms with van der Waals surface area (Å²) in [6.45, 7) is 9.51. The first-order valence-corrected chi connectivity index (χ1v) is 26.6. The van der Waals surface area contributed by atoms with Gasteiger partial charge in [-0.25, -0.2) is 0 Å². The third-order valence-corrected chi connectivity index (χ3v) is 17.5. The number of nitrogens with zero attached hydrogens (tertiary/aromatic N) is 1. The number of benzene rings is 11. The van der Waals surface area contributed by atoms with Gasteiger partial charge in [-0.15, -0.1) is 0 Å².